The van der Waals surface area contributed by atoms with Gasteiger partial charge >= 0.3 is 0 Å². The van der Waals surface area contributed by atoms with Gasteiger partial charge in [0.2, 0.25) is 0 Å². The Labute approximate surface area is 51.4 Å². The maximum absolute atomic E-state index is 10.0. The average Bonchev–Trinajstić information content (AvgIpc) is 1.72. The molecule has 0 radical (unpaired) electrons. The summed E-state index contributed by atoms with van der Waals surface area (Å²) in [6, 6.07) is 0. The summed E-state index contributed by atoms with van der Waals surface area (Å²) in [5, 5.41) is 0. The second-order valence-electron chi connectivity index (χ2n) is 1.34. The van der Waals surface area contributed by atoms with E-state index in [1.165, 1.54) is 6.92 Å². The molecule has 0 aliphatic rings. The van der Waals surface area contributed by atoms with E-state index in [-0.39, 0.29) is 5.78 Å². The zero-order valence-corrected chi connectivity index (χ0v) is 6.12. The molecule has 0 aliphatic heterocycles. The number of ketones is 1. The lowest BCUT2D eigenvalue weighted by Gasteiger charge is -1.80. The number of allylic oxidation sites excluding steroid dienone is 1. The molecular weight excluding hydrogens is 100 g/mol. The monoisotopic (exact) mass is 114 g/mol. The SMILES string of the molecule is C=C(C)C(C)=O.CC. The van der Waals surface area contributed by atoms with E-state index in [0.717, 1.165) is 0 Å². The Morgan fingerprint density at radius 3 is 1.38 bits per heavy atom. The third kappa shape index (κ3) is 9.05. The predicted molar refractivity (Wildman–Crippen MR) is 36.8 cm³/mol. The van der Waals surface area contributed by atoms with Gasteiger partial charge < -0.3 is 0 Å². The second kappa shape index (κ2) is 6.41. The highest BCUT2D eigenvalue weighted by atomic mass is 16.1. The minimum Gasteiger partial charge on any atom is -0.295 e. The Balaban J connectivity index is 0. The van der Waals surface area contributed by atoms with Gasteiger partial charge in [-0.05, 0) is 19.4 Å². The van der Waals surface area contributed by atoms with E-state index in [4.69, 9.17) is 0 Å². The average molecular weight is 114 g/mol. The Kier molecular flexibility index (Phi) is 8.34. The second-order valence-corrected chi connectivity index (χ2v) is 1.34. The fraction of sp³-hybridized carbons (Fsp3) is 0.571. The van der Waals surface area contributed by atoms with Crippen molar-refractivity contribution in [3.63, 3.8) is 0 Å². The molecule has 0 unspecified atom stereocenters. The lowest BCUT2D eigenvalue weighted by molar-refractivity contribution is -0.113. The Morgan fingerprint density at radius 2 is 1.38 bits per heavy atom. The molecule has 0 spiro atoms. The summed E-state index contributed by atoms with van der Waals surface area (Å²) in [5.74, 6) is 0.0648. The highest BCUT2D eigenvalue weighted by Crippen LogP contribution is 1.84. The van der Waals surface area contributed by atoms with E-state index < -0.39 is 0 Å². The zero-order chi connectivity index (χ0) is 7.15. The van der Waals surface area contributed by atoms with Crippen LogP contribution in [0.3, 0.4) is 0 Å². The predicted octanol–water partition coefficient (Wildman–Crippen LogP) is 2.18. The van der Waals surface area contributed by atoms with Crippen molar-refractivity contribution in [3.05, 3.63) is 12.2 Å². The molecule has 0 fully saturated rings. The van der Waals surface area contributed by atoms with Crippen LogP contribution in [0.5, 0.6) is 0 Å². The molecule has 0 aromatic heterocycles. The molecule has 0 saturated carbocycles. The van der Waals surface area contributed by atoms with Gasteiger partial charge in [-0.1, -0.05) is 20.4 Å². The number of rotatable bonds is 1. The summed E-state index contributed by atoms with van der Waals surface area (Å²) in [5.41, 5.74) is 0.620. The van der Waals surface area contributed by atoms with Gasteiger partial charge in [0, 0.05) is 0 Å². The molecule has 0 aromatic rings. The fourth-order valence-electron chi connectivity index (χ4n) is 0. The van der Waals surface area contributed by atoms with Crippen LogP contribution >= 0.6 is 0 Å². The van der Waals surface area contributed by atoms with Crippen LogP contribution in [0.2, 0.25) is 0 Å². The van der Waals surface area contributed by atoms with E-state index in [9.17, 15) is 4.79 Å². The van der Waals surface area contributed by atoms with Crippen LogP contribution in [0.4, 0.5) is 0 Å². The van der Waals surface area contributed by atoms with Gasteiger partial charge in [0.1, 0.15) is 0 Å². The standard InChI is InChI=1S/C5H8O.C2H6/c1-4(2)5(3)6;1-2/h1H2,2-3H3;1-2H3. The van der Waals surface area contributed by atoms with Crippen LogP contribution in [-0.4, -0.2) is 5.78 Å². The summed E-state index contributed by atoms with van der Waals surface area (Å²) >= 11 is 0. The minimum absolute atomic E-state index is 0.0648. The van der Waals surface area contributed by atoms with E-state index in [2.05, 4.69) is 6.58 Å². The Bertz CT molecular complexity index is 70.4. The third-order valence-electron chi connectivity index (χ3n) is 0.601. The van der Waals surface area contributed by atoms with Crippen LogP contribution in [0.15, 0.2) is 12.2 Å². The summed E-state index contributed by atoms with van der Waals surface area (Å²) in [4.78, 5) is 10.0. The van der Waals surface area contributed by atoms with Crippen molar-refractivity contribution in [2.45, 2.75) is 27.7 Å². The molecule has 48 valence electrons. The van der Waals surface area contributed by atoms with Crippen LogP contribution in [0, 0.1) is 0 Å². The molecule has 0 rings (SSSR count). The molecule has 0 N–H and O–H groups in total. The molecule has 0 saturated heterocycles. The minimum atomic E-state index is 0.0648. The van der Waals surface area contributed by atoms with Gasteiger partial charge in [-0.2, -0.15) is 0 Å². The van der Waals surface area contributed by atoms with Gasteiger partial charge in [-0.3, -0.25) is 4.79 Å². The van der Waals surface area contributed by atoms with Crippen molar-refractivity contribution in [2.24, 2.45) is 0 Å². The first kappa shape index (κ1) is 10.4. The molecule has 0 amide bonds. The largest absolute Gasteiger partial charge is 0.295 e. The van der Waals surface area contributed by atoms with E-state index in [0.29, 0.717) is 5.57 Å². The molecule has 1 nitrogen and oxygen atoms in total. The maximum atomic E-state index is 10.0. The first-order valence-electron chi connectivity index (χ1n) is 2.81. The maximum Gasteiger partial charge on any atom is 0.154 e. The lowest BCUT2D eigenvalue weighted by atomic mass is 10.3. The van der Waals surface area contributed by atoms with Gasteiger partial charge in [0.05, 0.1) is 0 Å². The van der Waals surface area contributed by atoms with Crippen molar-refractivity contribution >= 4 is 5.78 Å². The van der Waals surface area contributed by atoms with Crippen molar-refractivity contribution < 1.29 is 4.79 Å². The van der Waals surface area contributed by atoms with E-state index >= 15 is 0 Å². The van der Waals surface area contributed by atoms with Gasteiger partial charge in [-0.25, -0.2) is 0 Å². The molecule has 0 atom stereocenters. The molecule has 0 aromatic carbocycles. The third-order valence-corrected chi connectivity index (χ3v) is 0.601. The number of Topliss-reactive ketones (excluding diaryl/α,β-unsaturated/α-hetero) is 1. The highest BCUT2D eigenvalue weighted by Gasteiger charge is 1.85. The van der Waals surface area contributed by atoms with Crippen LogP contribution in [0.1, 0.15) is 27.7 Å². The van der Waals surface area contributed by atoms with E-state index in [1.807, 2.05) is 13.8 Å². The molecule has 0 aliphatic carbocycles. The smallest absolute Gasteiger partial charge is 0.154 e. The topological polar surface area (TPSA) is 17.1 Å². The van der Waals surface area contributed by atoms with Crippen molar-refractivity contribution in [1.29, 1.82) is 0 Å². The fourth-order valence-corrected chi connectivity index (χ4v) is 0. The summed E-state index contributed by atoms with van der Waals surface area (Å²) in [7, 11) is 0. The summed E-state index contributed by atoms with van der Waals surface area (Å²) < 4.78 is 0. The first-order chi connectivity index (χ1) is 3.64. The summed E-state index contributed by atoms with van der Waals surface area (Å²) in [6.07, 6.45) is 0. The molecule has 0 heterocycles. The first-order valence-corrected chi connectivity index (χ1v) is 2.81. The number of carbonyl (C=O) groups is 1. The van der Waals surface area contributed by atoms with Crippen LogP contribution < -0.4 is 0 Å². The quantitative estimate of drug-likeness (QED) is 0.477. The van der Waals surface area contributed by atoms with Gasteiger partial charge in [0.25, 0.3) is 0 Å². The normalized spacial score (nSPS) is 6.50. The van der Waals surface area contributed by atoms with Crippen molar-refractivity contribution in [1.82, 2.24) is 0 Å². The van der Waals surface area contributed by atoms with Crippen LogP contribution in [0.25, 0.3) is 0 Å². The molecular formula is C7H14O. The number of hydrogen-bond donors (Lipinski definition) is 0. The van der Waals surface area contributed by atoms with Crippen molar-refractivity contribution in [3.8, 4) is 0 Å². The van der Waals surface area contributed by atoms with Gasteiger partial charge in [0.15, 0.2) is 5.78 Å². The highest BCUT2D eigenvalue weighted by molar-refractivity contribution is 5.91. The Morgan fingerprint density at radius 1 is 1.25 bits per heavy atom. The van der Waals surface area contributed by atoms with Gasteiger partial charge in [-0.15, -0.1) is 0 Å². The van der Waals surface area contributed by atoms with E-state index in [1.54, 1.807) is 6.92 Å². The molecule has 0 bridgehead atoms. The Hall–Kier alpha value is -0.590. The molecule has 1 heteroatoms. The number of hydrogen-bond acceptors (Lipinski definition) is 1. The lowest BCUT2D eigenvalue weighted by Crippen LogP contribution is -1.86. The zero-order valence-electron chi connectivity index (χ0n) is 6.12. The molecule has 8 heavy (non-hydrogen) atoms. The number of carbonyl (C=O) groups excluding carboxylic acids is 1. The van der Waals surface area contributed by atoms with Crippen molar-refractivity contribution in [2.75, 3.05) is 0 Å². The van der Waals surface area contributed by atoms with Crippen LogP contribution in [-0.2, 0) is 4.79 Å². The summed E-state index contributed by atoms with van der Waals surface area (Å²) in [6.45, 7) is 10.6.